The number of fused-ring (bicyclic) bond motifs is 2. The first-order chi connectivity index (χ1) is 25.6. The lowest BCUT2D eigenvalue weighted by atomic mass is 9.89. The van der Waals surface area contributed by atoms with Gasteiger partial charge >= 0.3 is 0 Å². The van der Waals surface area contributed by atoms with E-state index in [9.17, 15) is 28.6 Å². The molecule has 0 radical (unpaired) electrons. The Morgan fingerprint density at radius 1 is 1.02 bits per heavy atom. The topological polar surface area (TPSA) is 158 Å². The summed E-state index contributed by atoms with van der Waals surface area (Å²) >= 11 is 0. The number of ether oxygens (including phenoxy) is 2. The lowest BCUT2D eigenvalue weighted by molar-refractivity contribution is -0.148. The van der Waals surface area contributed by atoms with Crippen LogP contribution >= 0.6 is 8.03 Å². The average molecular weight is 776 g/mol. The van der Waals surface area contributed by atoms with Gasteiger partial charge in [0.05, 0.1) is 42.7 Å². The largest absolute Gasteiger partial charge is 0.379 e. The molecule has 14 heteroatoms. The highest BCUT2D eigenvalue weighted by Crippen LogP contribution is 2.41. The summed E-state index contributed by atoms with van der Waals surface area (Å²) in [5, 5.41) is 5.89. The molecule has 1 aromatic carbocycles. The van der Waals surface area contributed by atoms with E-state index in [0.717, 1.165) is 37.7 Å². The number of piperidine rings is 1. The molecule has 2 saturated heterocycles. The van der Waals surface area contributed by atoms with Crippen LogP contribution in [0, 0.1) is 23.7 Å². The van der Waals surface area contributed by atoms with Crippen LogP contribution in [0.2, 0.25) is 0 Å². The van der Waals surface area contributed by atoms with Gasteiger partial charge in [-0.3, -0.25) is 28.6 Å². The van der Waals surface area contributed by atoms with Crippen molar-refractivity contribution in [2.45, 2.75) is 134 Å². The number of amides is 4. The molecule has 4 rings (SSSR count). The third kappa shape index (κ3) is 10.1. The van der Waals surface area contributed by atoms with Crippen LogP contribution in [0.4, 0.5) is 0 Å². The number of nitrogens with one attached hydrogen (secondary N) is 2. The van der Waals surface area contributed by atoms with E-state index in [0.29, 0.717) is 24.9 Å². The molecule has 13 nitrogen and oxygen atoms in total. The lowest BCUT2D eigenvalue weighted by Gasteiger charge is -2.41. The highest BCUT2D eigenvalue weighted by molar-refractivity contribution is 7.38. The van der Waals surface area contributed by atoms with Gasteiger partial charge < -0.3 is 34.8 Å². The van der Waals surface area contributed by atoms with Crippen molar-refractivity contribution in [3.63, 3.8) is 0 Å². The van der Waals surface area contributed by atoms with Crippen molar-refractivity contribution in [3.8, 4) is 0 Å². The number of benzene rings is 1. The fraction of sp³-hybridized carbons (Fsp3) is 0.750. The molecule has 304 valence electrons. The van der Waals surface area contributed by atoms with Gasteiger partial charge in [0.15, 0.2) is 0 Å². The van der Waals surface area contributed by atoms with Gasteiger partial charge in [0.2, 0.25) is 31.7 Å². The van der Waals surface area contributed by atoms with Gasteiger partial charge in [-0.25, -0.2) is 0 Å². The highest BCUT2D eigenvalue weighted by atomic mass is 31.1. The molecule has 3 unspecified atom stereocenters. The monoisotopic (exact) mass is 775 g/mol. The van der Waals surface area contributed by atoms with E-state index in [1.165, 1.54) is 7.11 Å². The molecule has 3 fully saturated rings. The maximum Gasteiger partial charge on any atom is 0.245 e. The Bertz CT molecular complexity index is 1450. The normalized spacial score (nSPS) is 25.7. The van der Waals surface area contributed by atoms with Crippen molar-refractivity contribution in [3.05, 3.63) is 35.9 Å². The second kappa shape index (κ2) is 19.9. The molecule has 1 aliphatic carbocycles. The van der Waals surface area contributed by atoms with Crippen LogP contribution in [0.5, 0.6) is 0 Å². The zero-order valence-corrected chi connectivity index (χ0v) is 34.8. The van der Waals surface area contributed by atoms with E-state index in [1.807, 2.05) is 65.1 Å². The maximum atomic E-state index is 14.3. The molecule has 3 N–H and O–H groups in total. The molecule has 4 amide bonds. The van der Waals surface area contributed by atoms with Crippen LogP contribution in [0.15, 0.2) is 30.3 Å². The van der Waals surface area contributed by atoms with E-state index in [1.54, 1.807) is 30.9 Å². The molecule has 3 aliphatic rings. The van der Waals surface area contributed by atoms with Crippen LogP contribution in [-0.2, 0) is 39.6 Å². The molecule has 1 saturated carbocycles. The smallest absolute Gasteiger partial charge is 0.245 e. The predicted octanol–water partition coefficient (Wildman–Crippen LogP) is 3.68. The minimum absolute atomic E-state index is 0.0108. The van der Waals surface area contributed by atoms with Crippen LogP contribution < -0.4 is 10.6 Å². The third-order valence-corrected chi connectivity index (χ3v) is 13.5. The van der Waals surface area contributed by atoms with Gasteiger partial charge in [-0.15, -0.1) is 0 Å². The Morgan fingerprint density at radius 3 is 2.26 bits per heavy atom. The Morgan fingerprint density at radius 2 is 1.70 bits per heavy atom. The predicted molar refractivity (Wildman–Crippen MR) is 209 cm³/mol. The van der Waals surface area contributed by atoms with E-state index >= 15 is 0 Å². The average Bonchev–Trinajstić information content (AvgIpc) is 3.90. The van der Waals surface area contributed by atoms with Gasteiger partial charge in [-0.1, -0.05) is 71.4 Å². The van der Waals surface area contributed by atoms with Crippen LogP contribution in [0.1, 0.15) is 85.1 Å². The van der Waals surface area contributed by atoms with Gasteiger partial charge in [0.1, 0.15) is 11.8 Å². The van der Waals surface area contributed by atoms with E-state index in [4.69, 9.17) is 9.47 Å². The number of methoxy groups -OCH3 is 2. The number of carbonyl (C=O) groups excluding carboxylic acids is 4. The molecule has 12 atom stereocenters. The van der Waals surface area contributed by atoms with Crippen LogP contribution in [0.25, 0.3) is 0 Å². The Balaban J connectivity index is 1.46. The second-order valence-electron chi connectivity index (χ2n) is 16.2. The summed E-state index contributed by atoms with van der Waals surface area (Å²) in [5.74, 6) is -2.41. The molecule has 54 heavy (non-hydrogen) atoms. The summed E-state index contributed by atoms with van der Waals surface area (Å²) in [6.07, 6.45) is 4.19. The highest BCUT2D eigenvalue weighted by Gasteiger charge is 2.49. The third-order valence-electron chi connectivity index (χ3n) is 12.6. The van der Waals surface area contributed by atoms with Gasteiger partial charge in [-0.05, 0) is 62.5 Å². The summed E-state index contributed by atoms with van der Waals surface area (Å²) in [6.45, 7) is 10.2. The van der Waals surface area contributed by atoms with Crippen molar-refractivity contribution in [2.75, 3.05) is 34.9 Å². The number of carbonyl (C=O) groups is 4. The summed E-state index contributed by atoms with van der Waals surface area (Å²) in [4.78, 5) is 71.3. The van der Waals surface area contributed by atoms with E-state index < -0.39 is 56.0 Å². The standard InChI is InChI=1S/C40H66N5O8P/c1-10-25(4)35(44(7)40(49)34(24(2)3)42-39(48)36-28-18-19-29(22-28)43(36)6)31(52-8)23-33(46)45-20-14-17-30(45)37(53-9)26(5)38(47)41-32(54(50)51)21-27-15-12-11-13-16-27/h11-13,15-16,24-26,28-32,34-37,54H,10,14,17-23H2,1-9H3,(H,41,47)(H,42,48)(H,50,51)/t25-,26+,28-,29+,30?,31+,32+,34?,35-,36-,37+/m0/s1. The Hall–Kier alpha value is -2.83. The first-order valence-corrected chi connectivity index (χ1v) is 21.3. The SMILES string of the molecule is CC[C@H](C)[C@@H]([C@@H](CC(=O)N1CCCC1[C@H](OC)[C@@H](C)C(=O)N[C@@H](Cc1ccccc1)[PH](=O)O)OC)N(C)C(=O)C(NC(=O)[C@@H]1[C@H]2CC[C@H](C2)N1C)C(C)C. The molecule has 2 heterocycles. The summed E-state index contributed by atoms with van der Waals surface area (Å²) in [7, 11) is 3.73. The van der Waals surface area contributed by atoms with Crippen molar-refractivity contribution < 1.29 is 38.1 Å². The molecule has 0 aromatic heterocycles. The van der Waals surface area contributed by atoms with Crippen LogP contribution in [-0.4, -0.2) is 126 Å². The molecule has 0 spiro atoms. The quantitative estimate of drug-likeness (QED) is 0.179. The Labute approximate surface area is 323 Å². The Kier molecular flexibility index (Phi) is 16.1. The summed E-state index contributed by atoms with van der Waals surface area (Å²) in [5.41, 5.74) is 0.836. The molecular formula is C40H66N5O8P. The first-order valence-electron chi connectivity index (χ1n) is 19.9. The molecule has 2 aliphatic heterocycles. The second-order valence-corrected chi connectivity index (χ2v) is 17.6. The van der Waals surface area contributed by atoms with Crippen molar-refractivity contribution in [2.24, 2.45) is 23.7 Å². The van der Waals surface area contributed by atoms with Crippen molar-refractivity contribution in [1.82, 2.24) is 25.3 Å². The van der Waals surface area contributed by atoms with E-state index in [-0.39, 0.29) is 48.4 Å². The molecule has 2 bridgehead atoms. The zero-order chi connectivity index (χ0) is 39.9. The molecular weight excluding hydrogens is 709 g/mol. The van der Waals surface area contributed by atoms with Gasteiger partial charge in [0, 0.05) is 40.3 Å². The van der Waals surface area contributed by atoms with E-state index in [2.05, 4.69) is 15.5 Å². The minimum atomic E-state index is -3.10. The van der Waals surface area contributed by atoms with Gasteiger partial charge in [-0.2, -0.15) is 0 Å². The summed E-state index contributed by atoms with van der Waals surface area (Å²) < 4.78 is 24.2. The number of hydrogen-bond acceptors (Lipinski definition) is 8. The number of nitrogens with zero attached hydrogens (tertiary/aromatic N) is 3. The summed E-state index contributed by atoms with van der Waals surface area (Å²) in [6, 6.07) is 7.84. The lowest BCUT2D eigenvalue weighted by Crippen LogP contribution is -2.60. The van der Waals surface area contributed by atoms with Crippen molar-refractivity contribution >= 4 is 31.7 Å². The minimum Gasteiger partial charge on any atom is -0.379 e. The molecule has 1 aromatic rings. The fourth-order valence-corrected chi connectivity index (χ4v) is 9.91. The first kappa shape index (κ1) is 43.9. The fourth-order valence-electron chi connectivity index (χ4n) is 9.24. The number of rotatable bonds is 19. The zero-order valence-electron chi connectivity index (χ0n) is 33.8. The number of likely N-dealkylation sites (tertiary alicyclic amines) is 2. The van der Waals surface area contributed by atoms with Crippen LogP contribution in [0.3, 0.4) is 0 Å². The number of likely N-dealkylation sites (N-methyl/N-ethyl adjacent to an activating group) is 2. The maximum absolute atomic E-state index is 14.3. The van der Waals surface area contributed by atoms with Gasteiger partial charge in [0.25, 0.3) is 0 Å². The number of hydrogen-bond donors (Lipinski definition) is 3. The van der Waals surface area contributed by atoms with Crippen molar-refractivity contribution in [1.29, 1.82) is 0 Å².